The predicted molar refractivity (Wildman–Crippen MR) is 133 cm³/mol. The van der Waals surface area contributed by atoms with E-state index >= 15 is 0 Å². The fraction of sp³-hybridized carbons (Fsp3) is 0.107. The predicted octanol–water partition coefficient (Wildman–Crippen LogP) is 4.71. The van der Waals surface area contributed by atoms with Crippen molar-refractivity contribution in [3.05, 3.63) is 107 Å². The number of aromatic nitrogens is 1. The van der Waals surface area contributed by atoms with E-state index in [2.05, 4.69) is 10.3 Å². The van der Waals surface area contributed by atoms with Crippen molar-refractivity contribution in [2.75, 3.05) is 6.54 Å². The fourth-order valence-electron chi connectivity index (χ4n) is 3.63. The molecule has 0 radical (unpaired) electrons. The molecule has 1 aromatic heterocycles. The number of para-hydroxylation sites is 1. The highest BCUT2D eigenvalue weighted by Crippen LogP contribution is 2.18. The average Bonchev–Trinajstić information content (AvgIpc) is 3.30. The molecule has 0 fully saturated rings. The summed E-state index contributed by atoms with van der Waals surface area (Å²) in [5, 5.41) is 22.3. The van der Waals surface area contributed by atoms with Crippen molar-refractivity contribution < 1.29 is 19.4 Å². The Morgan fingerprint density at radius 1 is 1.03 bits per heavy atom. The standard InChI is InChI=1S/C28H23N3O4/c29-16-23(27(32)30-14-13-22-17-31-26-4-2-1-3-25(22)26)15-19-7-11-24(12-8-19)35-18-20-5-9-21(10-6-20)28(33)34/h1-12,15,17,31H,13-14,18H2,(H,30,32)(H,33,34)/b23-15+. The van der Waals surface area contributed by atoms with Gasteiger partial charge in [-0.1, -0.05) is 42.5 Å². The SMILES string of the molecule is N#C/C(=C\c1ccc(OCc2ccc(C(=O)O)cc2)cc1)C(=O)NCCc1c[nH]c2ccccc12. The smallest absolute Gasteiger partial charge is 0.335 e. The van der Waals surface area contributed by atoms with Gasteiger partial charge in [-0.25, -0.2) is 4.79 Å². The normalized spacial score (nSPS) is 11.1. The molecule has 3 aromatic carbocycles. The van der Waals surface area contributed by atoms with Crippen molar-refractivity contribution in [2.45, 2.75) is 13.0 Å². The van der Waals surface area contributed by atoms with Crippen LogP contribution in [-0.2, 0) is 17.8 Å². The van der Waals surface area contributed by atoms with Gasteiger partial charge in [-0.05, 0) is 59.5 Å². The molecule has 4 rings (SSSR count). The molecule has 0 aliphatic rings. The molecule has 0 atom stereocenters. The first kappa shape index (κ1) is 23.3. The summed E-state index contributed by atoms with van der Waals surface area (Å²) in [5.74, 6) is -0.774. The van der Waals surface area contributed by atoms with Crippen molar-refractivity contribution in [3.63, 3.8) is 0 Å². The highest BCUT2D eigenvalue weighted by Gasteiger charge is 2.10. The Morgan fingerprint density at radius 3 is 2.49 bits per heavy atom. The van der Waals surface area contributed by atoms with Crippen molar-refractivity contribution in [2.24, 2.45) is 0 Å². The highest BCUT2D eigenvalue weighted by molar-refractivity contribution is 6.01. The number of fused-ring (bicyclic) bond motifs is 1. The summed E-state index contributed by atoms with van der Waals surface area (Å²) in [6.07, 6.45) is 4.13. The molecule has 0 saturated heterocycles. The molecule has 7 nitrogen and oxygen atoms in total. The van der Waals surface area contributed by atoms with Crippen LogP contribution in [0.1, 0.15) is 27.0 Å². The molecular weight excluding hydrogens is 442 g/mol. The number of ether oxygens (including phenoxy) is 1. The molecule has 4 aromatic rings. The average molecular weight is 466 g/mol. The molecule has 3 N–H and O–H groups in total. The lowest BCUT2D eigenvalue weighted by Gasteiger charge is -2.07. The van der Waals surface area contributed by atoms with Crippen molar-refractivity contribution in [3.8, 4) is 11.8 Å². The van der Waals surface area contributed by atoms with Crippen molar-refractivity contribution >= 4 is 28.9 Å². The number of hydrogen-bond acceptors (Lipinski definition) is 4. The zero-order valence-corrected chi connectivity index (χ0v) is 18.8. The number of carboxylic acid groups (broad SMARTS) is 1. The molecule has 0 aliphatic heterocycles. The van der Waals surface area contributed by atoms with Gasteiger partial charge in [-0.3, -0.25) is 4.79 Å². The Balaban J connectivity index is 1.31. The second-order valence-corrected chi connectivity index (χ2v) is 7.90. The van der Waals surface area contributed by atoms with Crippen molar-refractivity contribution in [1.29, 1.82) is 5.26 Å². The second-order valence-electron chi connectivity index (χ2n) is 7.90. The van der Waals surface area contributed by atoms with Gasteiger partial charge < -0.3 is 20.1 Å². The molecule has 1 heterocycles. The lowest BCUT2D eigenvalue weighted by Crippen LogP contribution is -2.26. The van der Waals surface area contributed by atoms with E-state index in [1.165, 1.54) is 18.2 Å². The van der Waals surface area contributed by atoms with Crippen LogP contribution in [0.2, 0.25) is 0 Å². The summed E-state index contributed by atoms with van der Waals surface area (Å²) in [4.78, 5) is 26.6. The summed E-state index contributed by atoms with van der Waals surface area (Å²) in [6.45, 7) is 0.706. The number of H-pyrrole nitrogens is 1. The van der Waals surface area contributed by atoms with E-state index in [0.717, 1.165) is 22.0 Å². The van der Waals surface area contributed by atoms with E-state index in [-0.39, 0.29) is 17.7 Å². The molecule has 0 unspecified atom stereocenters. The number of nitriles is 1. The van der Waals surface area contributed by atoms with Gasteiger partial charge in [-0.15, -0.1) is 0 Å². The summed E-state index contributed by atoms with van der Waals surface area (Å²) < 4.78 is 5.73. The quantitative estimate of drug-likeness (QED) is 0.245. The number of carbonyl (C=O) groups excluding carboxylic acids is 1. The van der Waals surface area contributed by atoms with Gasteiger partial charge in [0.05, 0.1) is 5.56 Å². The largest absolute Gasteiger partial charge is 0.489 e. The lowest BCUT2D eigenvalue weighted by atomic mass is 10.1. The maximum atomic E-state index is 12.5. The summed E-state index contributed by atoms with van der Waals surface area (Å²) in [7, 11) is 0. The van der Waals surface area contributed by atoms with E-state index in [9.17, 15) is 14.9 Å². The molecule has 1 amide bonds. The molecule has 0 saturated carbocycles. The first-order valence-electron chi connectivity index (χ1n) is 11.0. The van der Waals surface area contributed by atoms with Crippen LogP contribution in [0, 0.1) is 11.3 Å². The summed E-state index contributed by atoms with van der Waals surface area (Å²) >= 11 is 0. The van der Waals surface area contributed by atoms with Crippen LogP contribution in [0.4, 0.5) is 0 Å². The molecule has 35 heavy (non-hydrogen) atoms. The second kappa shape index (κ2) is 10.9. The van der Waals surface area contributed by atoms with Crippen LogP contribution in [0.5, 0.6) is 5.75 Å². The third-order valence-electron chi connectivity index (χ3n) is 5.52. The lowest BCUT2D eigenvalue weighted by molar-refractivity contribution is -0.117. The monoisotopic (exact) mass is 465 g/mol. The minimum Gasteiger partial charge on any atom is -0.489 e. The number of aromatic amines is 1. The highest BCUT2D eigenvalue weighted by atomic mass is 16.5. The van der Waals surface area contributed by atoms with Crippen molar-refractivity contribution in [1.82, 2.24) is 10.3 Å². The molecule has 0 aliphatic carbocycles. The van der Waals surface area contributed by atoms with Crippen LogP contribution in [-0.4, -0.2) is 28.5 Å². The van der Waals surface area contributed by atoms with Gasteiger partial charge in [0.1, 0.15) is 24.0 Å². The summed E-state index contributed by atoms with van der Waals surface area (Å²) in [5.41, 5.74) is 3.95. The topological polar surface area (TPSA) is 115 Å². The molecule has 0 bridgehead atoms. The number of nitrogens with one attached hydrogen (secondary N) is 2. The van der Waals surface area contributed by atoms with Gasteiger partial charge >= 0.3 is 5.97 Å². The first-order chi connectivity index (χ1) is 17.0. The zero-order valence-electron chi connectivity index (χ0n) is 18.8. The third-order valence-corrected chi connectivity index (χ3v) is 5.52. The first-order valence-corrected chi connectivity index (χ1v) is 11.0. The fourth-order valence-corrected chi connectivity index (χ4v) is 3.63. The molecule has 174 valence electrons. The van der Waals surface area contributed by atoms with Crippen LogP contribution in [0.15, 0.2) is 84.6 Å². The summed E-state index contributed by atoms with van der Waals surface area (Å²) in [6, 6.07) is 23.4. The van der Waals surface area contributed by atoms with Gasteiger partial charge in [-0.2, -0.15) is 5.26 Å². The number of carboxylic acids is 1. The Bertz CT molecular complexity index is 1410. The van der Waals surface area contributed by atoms with Gasteiger partial charge in [0.25, 0.3) is 5.91 Å². The van der Waals surface area contributed by atoms with Gasteiger partial charge in [0.15, 0.2) is 0 Å². The molecule has 7 heteroatoms. The van der Waals surface area contributed by atoms with Gasteiger partial charge in [0.2, 0.25) is 0 Å². The van der Waals surface area contributed by atoms with Crippen LogP contribution in [0.3, 0.4) is 0 Å². The number of benzene rings is 3. The minimum atomic E-state index is -0.971. The Labute approximate surface area is 202 Å². The number of amides is 1. The van der Waals surface area contributed by atoms with E-state index in [1.807, 2.05) is 36.5 Å². The Hall–Kier alpha value is -4.83. The van der Waals surface area contributed by atoms with E-state index < -0.39 is 11.9 Å². The Kier molecular flexibility index (Phi) is 7.24. The van der Waals surface area contributed by atoms with Gasteiger partial charge in [0, 0.05) is 23.6 Å². The van der Waals surface area contributed by atoms with Crippen LogP contribution >= 0.6 is 0 Å². The number of hydrogen-bond donors (Lipinski definition) is 3. The number of rotatable bonds is 9. The number of nitrogens with zero attached hydrogens (tertiary/aromatic N) is 1. The number of aromatic carboxylic acids is 1. The third kappa shape index (κ3) is 5.95. The molecule has 0 spiro atoms. The van der Waals surface area contributed by atoms with Crippen LogP contribution in [0.25, 0.3) is 17.0 Å². The van der Waals surface area contributed by atoms with E-state index in [4.69, 9.17) is 9.84 Å². The maximum absolute atomic E-state index is 12.5. The number of carbonyl (C=O) groups is 2. The van der Waals surface area contributed by atoms with E-state index in [1.54, 1.807) is 36.4 Å². The van der Waals surface area contributed by atoms with Crippen LogP contribution < -0.4 is 10.1 Å². The Morgan fingerprint density at radius 2 is 1.77 bits per heavy atom. The minimum absolute atomic E-state index is 0.0242. The molecular formula is C28H23N3O4. The zero-order chi connectivity index (χ0) is 24.6. The van der Waals surface area contributed by atoms with E-state index in [0.29, 0.717) is 24.3 Å². The maximum Gasteiger partial charge on any atom is 0.335 e.